The number of aromatic nitrogens is 1. The Balaban J connectivity index is 2.03. The van der Waals surface area contributed by atoms with E-state index in [0.29, 0.717) is 22.6 Å². The van der Waals surface area contributed by atoms with Gasteiger partial charge in [-0.2, -0.15) is 0 Å². The van der Waals surface area contributed by atoms with Crippen LogP contribution in [0.4, 0.5) is 5.69 Å². The maximum atomic E-state index is 13.2. The lowest BCUT2D eigenvalue weighted by Crippen LogP contribution is -2.15. The minimum Gasteiger partial charge on any atom is -0.505 e. The molecule has 33 heavy (non-hydrogen) atoms. The van der Waals surface area contributed by atoms with Crippen LogP contribution in [-0.2, 0) is 21.4 Å². The van der Waals surface area contributed by atoms with Crippen molar-refractivity contribution in [3.05, 3.63) is 57.2 Å². The lowest BCUT2D eigenvalue weighted by atomic mass is 10.0. The topological polar surface area (TPSA) is 124 Å². The van der Waals surface area contributed by atoms with E-state index in [1.807, 2.05) is 0 Å². The molecule has 3 aromatic rings. The Hall–Kier alpha value is -3.02. The van der Waals surface area contributed by atoms with Crippen molar-refractivity contribution < 1.29 is 32.5 Å². The number of carbonyl (C=O) groups excluding carboxylic acids is 1. The molecule has 172 valence electrons. The summed E-state index contributed by atoms with van der Waals surface area (Å²) in [5.74, 6) is -1.01. The standard InChI is InChI=1S/C21H16BrClN2O7S/c1-30-18-7-13-10-4-15(23)20(31-2)16(5-10)25-33(28,29)17-6-11(3-14(22)19(17)26)21(27)32-9-12(13)8-24-18/h3-8,25-26H,9H2,1-2H3. The maximum Gasteiger partial charge on any atom is 0.338 e. The van der Waals surface area contributed by atoms with Crippen LogP contribution in [0.15, 0.2) is 45.9 Å². The highest BCUT2D eigenvalue weighted by Gasteiger charge is 2.27. The number of methoxy groups -OCH3 is 2. The zero-order chi connectivity index (χ0) is 23.9. The van der Waals surface area contributed by atoms with Crippen molar-refractivity contribution in [1.29, 1.82) is 0 Å². The molecule has 9 nitrogen and oxygen atoms in total. The van der Waals surface area contributed by atoms with E-state index < -0.39 is 26.6 Å². The summed E-state index contributed by atoms with van der Waals surface area (Å²) in [6.07, 6.45) is 1.49. The molecular weight excluding hydrogens is 540 g/mol. The first-order chi connectivity index (χ1) is 15.6. The van der Waals surface area contributed by atoms with Gasteiger partial charge in [0.25, 0.3) is 10.0 Å². The third kappa shape index (κ3) is 4.31. The molecule has 2 heterocycles. The smallest absolute Gasteiger partial charge is 0.338 e. The predicted octanol–water partition coefficient (Wildman–Crippen LogP) is 4.36. The molecule has 2 N–H and O–H groups in total. The van der Waals surface area contributed by atoms with Crippen LogP contribution in [0.1, 0.15) is 15.9 Å². The van der Waals surface area contributed by atoms with E-state index in [4.69, 9.17) is 25.8 Å². The van der Waals surface area contributed by atoms with Crippen LogP contribution in [0, 0.1) is 0 Å². The first-order valence-electron chi connectivity index (χ1n) is 9.28. The van der Waals surface area contributed by atoms with Crippen molar-refractivity contribution >= 4 is 49.2 Å². The van der Waals surface area contributed by atoms with Crippen molar-refractivity contribution in [2.24, 2.45) is 0 Å². The van der Waals surface area contributed by atoms with Gasteiger partial charge in [-0.15, -0.1) is 0 Å². The van der Waals surface area contributed by atoms with E-state index in [-0.39, 0.29) is 33.1 Å². The largest absolute Gasteiger partial charge is 0.505 e. The predicted molar refractivity (Wildman–Crippen MR) is 124 cm³/mol. The van der Waals surface area contributed by atoms with Crippen molar-refractivity contribution in [3.63, 3.8) is 0 Å². The summed E-state index contributed by atoms with van der Waals surface area (Å²) in [4.78, 5) is 16.3. The Morgan fingerprint density at radius 3 is 2.61 bits per heavy atom. The molecule has 0 atom stereocenters. The van der Waals surface area contributed by atoms with Gasteiger partial charge in [-0.3, -0.25) is 4.72 Å². The van der Waals surface area contributed by atoms with Gasteiger partial charge < -0.3 is 19.3 Å². The lowest BCUT2D eigenvalue weighted by Gasteiger charge is -2.17. The van der Waals surface area contributed by atoms with Gasteiger partial charge in [0.15, 0.2) is 5.75 Å². The van der Waals surface area contributed by atoms with Gasteiger partial charge in [0, 0.05) is 17.8 Å². The summed E-state index contributed by atoms with van der Waals surface area (Å²) in [5, 5.41) is 10.5. The molecule has 2 aromatic carbocycles. The third-order valence-corrected chi connectivity index (χ3v) is 7.15. The van der Waals surface area contributed by atoms with E-state index in [2.05, 4.69) is 25.6 Å². The second-order valence-electron chi connectivity index (χ2n) is 6.91. The van der Waals surface area contributed by atoms with Gasteiger partial charge in [-0.25, -0.2) is 18.2 Å². The van der Waals surface area contributed by atoms with Gasteiger partial charge in [0.05, 0.1) is 35.0 Å². The summed E-state index contributed by atoms with van der Waals surface area (Å²) in [7, 11) is -1.60. The number of sulfonamides is 1. The number of hydrogen-bond acceptors (Lipinski definition) is 8. The Bertz CT molecular complexity index is 1400. The molecule has 0 saturated carbocycles. The van der Waals surface area contributed by atoms with Gasteiger partial charge >= 0.3 is 5.97 Å². The number of phenolic OH excluding ortho intramolecular Hbond substituents is 1. The SMILES string of the molecule is COc1cc2c(cn1)COC(=O)c1cc(Br)c(O)c(c1)S(=O)(=O)Nc1cc-2cc(Cl)c1OC. The van der Waals surface area contributed by atoms with E-state index in [1.54, 1.807) is 12.1 Å². The van der Waals surface area contributed by atoms with Crippen LogP contribution in [-0.4, -0.2) is 38.7 Å². The fraction of sp³-hybridized carbons (Fsp3) is 0.143. The number of hydrogen-bond donors (Lipinski definition) is 2. The highest BCUT2D eigenvalue weighted by molar-refractivity contribution is 9.10. The Morgan fingerprint density at radius 1 is 1.15 bits per heavy atom. The number of anilines is 1. The third-order valence-electron chi connectivity index (χ3n) is 4.89. The minimum atomic E-state index is -4.39. The van der Waals surface area contributed by atoms with Crippen molar-refractivity contribution in [1.82, 2.24) is 4.98 Å². The first kappa shape index (κ1) is 23.1. The van der Waals surface area contributed by atoms with Gasteiger partial charge in [-0.05, 0) is 51.3 Å². The van der Waals surface area contributed by atoms with Gasteiger partial charge in [0.1, 0.15) is 17.3 Å². The summed E-state index contributed by atoms with van der Waals surface area (Å²) in [6, 6.07) is 6.98. The maximum absolute atomic E-state index is 13.2. The second kappa shape index (κ2) is 8.73. The molecule has 1 aliphatic rings. The quantitative estimate of drug-likeness (QED) is 0.447. The molecule has 0 saturated heterocycles. The number of pyridine rings is 1. The molecule has 0 radical (unpaired) electrons. The molecule has 0 spiro atoms. The number of ether oxygens (including phenoxy) is 3. The van der Waals surface area contributed by atoms with Crippen LogP contribution >= 0.6 is 27.5 Å². The second-order valence-corrected chi connectivity index (χ2v) is 9.82. The lowest BCUT2D eigenvalue weighted by molar-refractivity contribution is 0.0472. The van der Waals surface area contributed by atoms with Gasteiger partial charge in [0.2, 0.25) is 5.88 Å². The fourth-order valence-electron chi connectivity index (χ4n) is 3.32. The highest BCUT2D eigenvalue weighted by atomic mass is 79.9. The molecule has 4 rings (SSSR count). The Kier molecular flexibility index (Phi) is 6.12. The molecule has 0 amide bonds. The van der Waals surface area contributed by atoms with Crippen molar-refractivity contribution in [2.75, 3.05) is 18.9 Å². The number of carbonyl (C=O) groups is 1. The van der Waals surface area contributed by atoms with Crippen molar-refractivity contribution in [2.45, 2.75) is 11.5 Å². The van der Waals surface area contributed by atoms with Crippen LogP contribution in [0.2, 0.25) is 5.02 Å². The number of rotatable bonds is 2. The fourth-order valence-corrected chi connectivity index (χ4v) is 5.40. The van der Waals surface area contributed by atoms with E-state index in [1.165, 1.54) is 32.5 Å². The van der Waals surface area contributed by atoms with Gasteiger partial charge in [-0.1, -0.05) is 11.6 Å². The van der Waals surface area contributed by atoms with E-state index in [9.17, 15) is 18.3 Å². The molecule has 12 heteroatoms. The number of nitrogens with zero attached hydrogens (tertiary/aromatic N) is 1. The summed E-state index contributed by atoms with van der Waals surface area (Å²) >= 11 is 9.49. The van der Waals surface area contributed by atoms with Crippen molar-refractivity contribution in [3.8, 4) is 28.5 Å². The Labute approximate surface area is 202 Å². The molecule has 1 aromatic heterocycles. The average molecular weight is 556 g/mol. The molecule has 0 aliphatic carbocycles. The Morgan fingerprint density at radius 2 is 1.91 bits per heavy atom. The number of aromatic hydroxyl groups is 1. The monoisotopic (exact) mass is 554 g/mol. The zero-order valence-electron chi connectivity index (χ0n) is 17.2. The summed E-state index contributed by atoms with van der Waals surface area (Å²) in [6.45, 7) is -0.169. The minimum absolute atomic E-state index is 0.00208. The van der Waals surface area contributed by atoms with Crippen LogP contribution in [0.25, 0.3) is 11.1 Å². The molecular formula is C21H16BrClN2O7S. The number of phenols is 1. The van der Waals surface area contributed by atoms with Crippen LogP contribution < -0.4 is 14.2 Å². The molecule has 1 aliphatic heterocycles. The number of benzene rings is 2. The number of nitrogens with one attached hydrogen (secondary N) is 1. The normalized spacial score (nSPS) is 14.5. The number of cyclic esters (lactones) is 1. The average Bonchev–Trinajstić information content (AvgIpc) is 2.78. The number of esters is 1. The molecule has 0 unspecified atom stereocenters. The van der Waals surface area contributed by atoms with E-state index >= 15 is 0 Å². The van der Waals surface area contributed by atoms with E-state index in [0.717, 1.165) is 6.07 Å². The first-order valence-corrected chi connectivity index (χ1v) is 11.9. The molecule has 4 bridgehead atoms. The number of fused-ring (bicyclic) bond motifs is 6. The summed E-state index contributed by atoms with van der Waals surface area (Å²) < 4.78 is 44.7. The van der Waals surface area contributed by atoms with Crippen LogP contribution in [0.5, 0.6) is 17.4 Å². The zero-order valence-corrected chi connectivity index (χ0v) is 20.3. The highest BCUT2D eigenvalue weighted by Crippen LogP contribution is 2.42. The summed E-state index contributed by atoms with van der Waals surface area (Å²) in [5.41, 5.74) is 1.50. The van der Waals surface area contributed by atoms with Crippen LogP contribution in [0.3, 0.4) is 0 Å². The number of halogens is 2. The molecule has 0 fully saturated rings.